The van der Waals surface area contributed by atoms with Crippen molar-refractivity contribution in [3.05, 3.63) is 164 Å². The van der Waals surface area contributed by atoms with Crippen molar-refractivity contribution in [1.82, 2.24) is 4.98 Å². The third-order valence-corrected chi connectivity index (χ3v) is 8.90. The van der Waals surface area contributed by atoms with Crippen molar-refractivity contribution >= 4 is 17.6 Å². The molecule has 1 aromatic heterocycles. The van der Waals surface area contributed by atoms with Gasteiger partial charge in [0.1, 0.15) is 11.5 Å². The monoisotopic (exact) mass is 610 g/mol. The maximum Gasteiger partial charge on any atom is 0.343 e. The van der Waals surface area contributed by atoms with Crippen molar-refractivity contribution in [2.24, 2.45) is 5.41 Å². The molecule has 0 atom stereocenters. The Morgan fingerprint density at radius 1 is 0.804 bits per heavy atom. The van der Waals surface area contributed by atoms with E-state index in [0.717, 1.165) is 38.9 Å². The number of benzene rings is 4. The van der Waals surface area contributed by atoms with Crippen molar-refractivity contribution in [3.63, 3.8) is 0 Å². The first-order chi connectivity index (χ1) is 22.1. The van der Waals surface area contributed by atoms with Crippen LogP contribution in [0, 0.1) is 15.5 Å². The van der Waals surface area contributed by atoms with Crippen molar-refractivity contribution in [3.8, 4) is 11.5 Å². The standard InChI is InChI=1S/C38H30N2O6/c1-37(2,3)36(42)46-30-16-17-31(45-35(41)24-18-20-39-21-19-24)34-33(30)32-26-8-4-6-10-28(26)38(34,29-11-7-5-9-27(29)32)22-23-12-14-25(15-13-23)40(43)44/h4-21,32H,22H2,1-3H3. The predicted octanol–water partition coefficient (Wildman–Crippen LogP) is 7.54. The molecule has 0 saturated heterocycles. The average Bonchev–Trinajstić information content (AvgIpc) is 3.06. The highest BCUT2D eigenvalue weighted by atomic mass is 16.6. The zero-order valence-corrected chi connectivity index (χ0v) is 25.5. The van der Waals surface area contributed by atoms with Gasteiger partial charge in [0.2, 0.25) is 0 Å². The van der Waals surface area contributed by atoms with E-state index in [4.69, 9.17) is 9.47 Å². The van der Waals surface area contributed by atoms with Gasteiger partial charge >= 0.3 is 11.9 Å². The summed E-state index contributed by atoms with van der Waals surface area (Å²) in [5.41, 5.74) is 5.20. The van der Waals surface area contributed by atoms with Crippen LogP contribution in [0.5, 0.6) is 11.5 Å². The number of hydrogen-bond donors (Lipinski definition) is 0. The van der Waals surface area contributed by atoms with Crippen molar-refractivity contribution in [2.75, 3.05) is 0 Å². The first-order valence-electron chi connectivity index (χ1n) is 15.0. The molecule has 0 fully saturated rings. The number of non-ortho nitro benzene ring substituents is 1. The summed E-state index contributed by atoms with van der Waals surface area (Å²) < 4.78 is 12.4. The van der Waals surface area contributed by atoms with Crippen LogP contribution in [0.2, 0.25) is 0 Å². The SMILES string of the molecule is CC(C)(C)C(=O)Oc1ccc(OC(=O)c2ccncc2)c2c1C1c3ccccc3C2(Cc2ccc([N+](=O)[O-])cc2)c2ccccc21. The number of ether oxygens (including phenoxy) is 2. The van der Waals surface area contributed by atoms with Gasteiger partial charge in [0.15, 0.2) is 0 Å². The molecule has 5 aromatic rings. The van der Waals surface area contributed by atoms with Gasteiger partial charge in [-0.3, -0.25) is 19.9 Å². The number of carbonyl (C=O) groups is 2. The van der Waals surface area contributed by atoms with Crippen molar-refractivity contribution in [2.45, 2.75) is 38.5 Å². The topological polar surface area (TPSA) is 109 Å². The Morgan fingerprint density at radius 3 is 1.98 bits per heavy atom. The molecule has 0 N–H and O–H groups in total. The second kappa shape index (κ2) is 10.8. The van der Waals surface area contributed by atoms with E-state index in [1.807, 2.05) is 24.3 Å². The first kappa shape index (κ1) is 29.1. The minimum Gasteiger partial charge on any atom is -0.426 e. The largest absolute Gasteiger partial charge is 0.426 e. The predicted molar refractivity (Wildman–Crippen MR) is 171 cm³/mol. The van der Waals surface area contributed by atoms with E-state index < -0.39 is 21.7 Å². The number of nitrogens with zero attached hydrogens (tertiary/aromatic N) is 2. The molecule has 2 bridgehead atoms. The van der Waals surface area contributed by atoms with Crippen molar-refractivity contribution in [1.29, 1.82) is 0 Å². The van der Waals surface area contributed by atoms with Gasteiger partial charge in [-0.1, -0.05) is 60.7 Å². The van der Waals surface area contributed by atoms with E-state index in [0.29, 0.717) is 23.5 Å². The Hall–Kier alpha value is -5.63. The zero-order chi connectivity index (χ0) is 32.2. The summed E-state index contributed by atoms with van der Waals surface area (Å²) in [6.07, 6.45) is 3.46. The number of pyridine rings is 1. The molecule has 0 unspecified atom stereocenters. The Kier molecular flexibility index (Phi) is 6.81. The van der Waals surface area contributed by atoms with Crippen molar-refractivity contribution < 1.29 is 24.0 Å². The van der Waals surface area contributed by atoms with Gasteiger partial charge < -0.3 is 9.47 Å². The van der Waals surface area contributed by atoms with E-state index in [1.54, 1.807) is 57.2 Å². The maximum atomic E-state index is 13.6. The van der Waals surface area contributed by atoms with Gasteiger partial charge in [-0.25, -0.2) is 4.79 Å². The van der Waals surface area contributed by atoms with E-state index in [9.17, 15) is 19.7 Å². The minimum atomic E-state index is -0.897. The lowest BCUT2D eigenvalue weighted by molar-refractivity contribution is -0.384. The number of carbonyl (C=O) groups excluding carboxylic acids is 2. The highest BCUT2D eigenvalue weighted by Gasteiger charge is 2.54. The van der Waals surface area contributed by atoms with Crippen LogP contribution in [0.4, 0.5) is 5.69 Å². The third kappa shape index (κ3) is 4.56. The molecule has 0 radical (unpaired) electrons. The molecule has 0 spiro atoms. The maximum absolute atomic E-state index is 13.6. The number of aromatic nitrogens is 1. The lowest BCUT2D eigenvalue weighted by atomic mass is 9.51. The molecule has 4 aromatic carbocycles. The number of nitro groups is 1. The van der Waals surface area contributed by atoms with Gasteiger partial charge in [-0.2, -0.15) is 0 Å². The molecule has 1 heterocycles. The minimum absolute atomic E-state index is 0.00171. The van der Waals surface area contributed by atoms with Crippen LogP contribution in [0.1, 0.15) is 76.0 Å². The Bertz CT molecular complexity index is 1980. The Morgan fingerprint density at radius 2 is 1.39 bits per heavy atom. The average molecular weight is 611 g/mol. The Balaban J connectivity index is 1.53. The van der Waals surface area contributed by atoms with Crippen LogP contribution in [0.3, 0.4) is 0 Å². The number of esters is 2. The molecule has 0 amide bonds. The zero-order valence-electron chi connectivity index (χ0n) is 25.5. The smallest absolute Gasteiger partial charge is 0.343 e. The highest BCUT2D eigenvalue weighted by Crippen LogP contribution is 2.64. The summed E-state index contributed by atoms with van der Waals surface area (Å²) in [5.74, 6) is -0.478. The van der Waals surface area contributed by atoms with Crippen LogP contribution < -0.4 is 9.47 Å². The summed E-state index contributed by atoms with van der Waals surface area (Å²) in [6.45, 7) is 5.42. The summed E-state index contributed by atoms with van der Waals surface area (Å²) in [4.78, 5) is 42.0. The number of hydrogen-bond acceptors (Lipinski definition) is 7. The summed E-state index contributed by atoms with van der Waals surface area (Å²) in [7, 11) is 0. The molecular weight excluding hydrogens is 580 g/mol. The highest BCUT2D eigenvalue weighted by molar-refractivity contribution is 5.92. The van der Waals surface area contributed by atoms with Gasteiger partial charge in [0, 0.05) is 41.6 Å². The lowest BCUT2D eigenvalue weighted by Gasteiger charge is -2.51. The van der Waals surface area contributed by atoms with Crippen LogP contribution in [-0.4, -0.2) is 21.8 Å². The second-order valence-corrected chi connectivity index (χ2v) is 12.7. The molecule has 8 nitrogen and oxygen atoms in total. The molecule has 3 aliphatic carbocycles. The van der Waals surface area contributed by atoms with E-state index >= 15 is 0 Å². The van der Waals surface area contributed by atoms with Gasteiger partial charge in [-0.05, 0) is 79.3 Å². The van der Waals surface area contributed by atoms with Crippen LogP contribution in [0.25, 0.3) is 0 Å². The van der Waals surface area contributed by atoms with E-state index in [-0.39, 0.29) is 17.6 Å². The fourth-order valence-corrected chi connectivity index (χ4v) is 6.87. The summed E-state index contributed by atoms with van der Waals surface area (Å²) in [5, 5.41) is 11.5. The first-order valence-corrected chi connectivity index (χ1v) is 15.0. The normalized spacial score (nSPS) is 17.3. The fourth-order valence-electron chi connectivity index (χ4n) is 6.87. The Labute approximate surface area is 265 Å². The van der Waals surface area contributed by atoms with Gasteiger partial charge in [-0.15, -0.1) is 0 Å². The lowest BCUT2D eigenvalue weighted by Crippen LogP contribution is -2.44. The quantitative estimate of drug-likeness (QED) is 0.0845. The molecular formula is C38H30N2O6. The van der Waals surface area contributed by atoms with E-state index in [2.05, 4.69) is 29.2 Å². The molecule has 0 aliphatic heterocycles. The summed E-state index contributed by atoms with van der Waals surface area (Å²) >= 11 is 0. The van der Waals surface area contributed by atoms with Crippen LogP contribution >= 0.6 is 0 Å². The molecule has 8 rings (SSSR count). The number of nitro benzene ring substituents is 1. The van der Waals surface area contributed by atoms with Crippen LogP contribution in [-0.2, 0) is 16.6 Å². The molecule has 228 valence electrons. The van der Waals surface area contributed by atoms with Gasteiger partial charge in [0.25, 0.3) is 5.69 Å². The molecule has 8 heteroatoms. The van der Waals surface area contributed by atoms with E-state index in [1.165, 1.54) is 24.5 Å². The molecule has 46 heavy (non-hydrogen) atoms. The van der Waals surface area contributed by atoms with Gasteiger partial charge in [0.05, 0.1) is 21.3 Å². The molecule has 3 aliphatic rings. The molecule has 0 saturated carbocycles. The third-order valence-electron chi connectivity index (χ3n) is 8.90. The second-order valence-electron chi connectivity index (χ2n) is 12.7. The number of rotatable bonds is 6. The fraction of sp³-hybridized carbons (Fsp3) is 0.184. The van der Waals surface area contributed by atoms with Crippen LogP contribution in [0.15, 0.2) is 109 Å². The summed E-state index contributed by atoms with van der Waals surface area (Å²) in [6, 6.07) is 29.5.